The van der Waals surface area contributed by atoms with Crippen LogP contribution in [0.25, 0.3) is 0 Å². The Balaban J connectivity index is 1.94. The number of likely N-dealkylation sites (tertiary alicyclic amines) is 1. The number of hydrogen-bond donors (Lipinski definition) is 2. The van der Waals surface area contributed by atoms with Crippen molar-refractivity contribution in [3.05, 3.63) is 33.3 Å². The molecule has 2 rings (SSSR count). The largest absolute Gasteiger partial charge is 0.396 e. The molecule has 0 aliphatic carbocycles. The number of amides is 2. The quantitative estimate of drug-likeness (QED) is 0.901. The molecule has 0 radical (unpaired) electrons. The summed E-state index contributed by atoms with van der Waals surface area (Å²) in [5.41, 5.74) is 1.83. The molecule has 6 heteroatoms. The van der Waals surface area contributed by atoms with Crippen molar-refractivity contribution < 1.29 is 9.90 Å². The van der Waals surface area contributed by atoms with E-state index >= 15 is 0 Å². The molecule has 0 aromatic heterocycles. The van der Waals surface area contributed by atoms with Gasteiger partial charge in [0, 0.05) is 42.2 Å². The summed E-state index contributed by atoms with van der Waals surface area (Å²) in [7, 11) is 0. The average Bonchev–Trinajstić information content (AvgIpc) is 2.86. The third-order valence-corrected chi connectivity index (χ3v) is 4.19. The van der Waals surface area contributed by atoms with E-state index in [1.54, 1.807) is 11.0 Å². The molecular weight excluding hydrogens is 299 g/mol. The number of benzene rings is 1. The number of carbonyl (C=O) groups is 1. The number of rotatable bonds is 3. The molecule has 0 bridgehead atoms. The summed E-state index contributed by atoms with van der Waals surface area (Å²) in [6.45, 7) is 3.71. The maximum Gasteiger partial charge on any atom is 0.317 e. The van der Waals surface area contributed by atoms with Gasteiger partial charge in [-0.3, -0.25) is 0 Å². The fraction of sp³-hybridized carbons (Fsp3) is 0.500. The number of urea groups is 1. The van der Waals surface area contributed by atoms with Crippen molar-refractivity contribution in [3.63, 3.8) is 0 Å². The highest BCUT2D eigenvalue weighted by molar-refractivity contribution is 6.35. The van der Waals surface area contributed by atoms with Crippen molar-refractivity contribution in [2.75, 3.05) is 19.7 Å². The summed E-state index contributed by atoms with van der Waals surface area (Å²) in [6, 6.07) is 3.38. The van der Waals surface area contributed by atoms with Gasteiger partial charge in [-0.2, -0.15) is 0 Å². The van der Waals surface area contributed by atoms with Crippen LogP contribution in [0.15, 0.2) is 12.1 Å². The van der Waals surface area contributed by atoms with Crippen molar-refractivity contribution in [2.45, 2.75) is 19.9 Å². The van der Waals surface area contributed by atoms with E-state index in [4.69, 9.17) is 28.3 Å². The minimum Gasteiger partial charge on any atom is -0.396 e. The van der Waals surface area contributed by atoms with Crippen LogP contribution in [-0.4, -0.2) is 35.7 Å². The van der Waals surface area contributed by atoms with Crippen molar-refractivity contribution in [3.8, 4) is 0 Å². The zero-order valence-electron chi connectivity index (χ0n) is 11.3. The van der Waals surface area contributed by atoms with Crippen LogP contribution in [0.5, 0.6) is 0 Å². The first-order valence-corrected chi connectivity index (χ1v) is 7.35. The molecule has 1 saturated heterocycles. The van der Waals surface area contributed by atoms with Crippen LogP contribution >= 0.6 is 23.2 Å². The summed E-state index contributed by atoms with van der Waals surface area (Å²) < 4.78 is 0. The second kappa shape index (κ2) is 6.66. The Morgan fingerprint density at radius 3 is 2.85 bits per heavy atom. The van der Waals surface area contributed by atoms with Gasteiger partial charge in [0.1, 0.15) is 0 Å². The van der Waals surface area contributed by atoms with Gasteiger partial charge < -0.3 is 15.3 Å². The molecule has 1 aromatic rings. The van der Waals surface area contributed by atoms with E-state index in [9.17, 15) is 4.79 Å². The molecule has 1 aromatic carbocycles. The average molecular weight is 317 g/mol. The zero-order valence-corrected chi connectivity index (χ0v) is 12.8. The first kappa shape index (κ1) is 15.4. The predicted octanol–water partition coefficient (Wildman–Crippen LogP) is 2.83. The lowest BCUT2D eigenvalue weighted by Crippen LogP contribution is -2.38. The van der Waals surface area contributed by atoms with E-state index in [2.05, 4.69) is 5.32 Å². The van der Waals surface area contributed by atoms with Gasteiger partial charge in [-0.1, -0.05) is 23.2 Å². The number of aliphatic hydroxyl groups is 1. The minimum atomic E-state index is -0.119. The molecule has 4 nitrogen and oxygen atoms in total. The molecular formula is C14H18Cl2N2O2. The first-order chi connectivity index (χ1) is 9.51. The molecule has 20 heavy (non-hydrogen) atoms. The van der Waals surface area contributed by atoms with E-state index in [1.165, 1.54) is 0 Å². The van der Waals surface area contributed by atoms with E-state index < -0.39 is 0 Å². The van der Waals surface area contributed by atoms with Crippen LogP contribution in [0.2, 0.25) is 10.0 Å². The van der Waals surface area contributed by atoms with Gasteiger partial charge in [-0.05, 0) is 36.6 Å². The number of carbonyl (C=O) groups excluding carboxylic acids is 1. The second-order valence-electron chi connectivity index (χ2n) is 5.13. The third kappa shape index (κ3) is 3.57. The Bertz CT molecular complexity index is 485. The van der Waals surface area contributed by atoms with Gasteiger partial charge in [-0.15, -0.1) is 0 Å². The summed E-state index contributed by atoms with van der Waals surface area (Å²) in [5, 5.41) is 13.1. The monoisotopic (exact) mass is 316 g/mol. The fourth-order valence-electron chi connectivity index (χ4n) is 2.40. The fourth-order valence-corrected chi connectivity index (χ4v) is 3.06. The van der Waals surface area contributed by atoms with Gasteiger partial charge in [0.15, 0.2) is 0 Å². The molecule has 1 heterocycles. The summed E-state index contributed by atoms with van der Waals surface area (Å²) in [4.78, 5) is 13.8. The number of aliphatic hydroxyl groups excluding tert-OH is 1. The number of halogens is 2. The normalized spacial score (nSPS) is 18.4. The predicted molar refractivity (Wildman–Crippen MR) is 80.2 cm³/mol. The van der Waals surface area contributed by atoms with E-state index in [0.29, 0.717) is 29.7 Å². The minimum absolute atomic E-state index is 0.119. The van der Waals surface area contributed by atoms with E-state index in [1.807, 2.05) is 13.0 Å². The van der Waals surface area contributed by atoms with Crippen LogP contribution in [0.1, 0.15) is 17.5 Å². The lowest BCUT2D eigenvalue weighted by Gasteiger charge is -2.18. The van der Waals surface area contributed by atoms with Crippen LogP contribution < -0.4 is 5.32 Å². The van der Waals surface area contributed by atoms with Crippen molar-refractivity contribution in [2.24, 2.45) is 5.92 Å². The lowest BCUT2D eigenvalue weighted by molar-refractivity contribution is 0.198. The van der Waals surface area contributed by atoms with Crippen LogP contribution in [0.4, 0.5) is 4.79 Å². The number of nitrogens with zero attached hydrogens (tertiary/aromatic N) is 1. The second-order valence-corrected chi connectivity index (χ2v) is 5.97. The maximum absolute atomic E-state index is 12.0. The maximum atomic E-state index is 12.0. The summed E-state index contributed by atoms with van der Waals surface area (Å²) in [5.74, 6) is 0.196. The molecule has 0 unspecified atom stereocenters. The van der Waals surface area contributed by atoms with Gasteiger partial charge in [0.05, 0.1) is 0 Å². The van der Waals surface area contributed by atoms with Crippen LogP contribution in [0, 0.1) is 12.8 Å². The molecule has 0 spiro atoms. The van der Waals surface area contributed by atoms with Gasteiger partial charge >= 0.3 is 6.03 Å². The standard InChI is InChI=1S/C14H18Cl2N2O2/c1-9-4-11(15)5-13(16)12(9)6-17-14(20)18-3-2-10(7-18)8-19/h4-5,10,19H,2-3,6-8H2,1H3,(H,17,20)/t10-/m1/s1. The van der Waals surface area contributed by atoms with Crippen LogP contribution in [0.3, 0.4) is 0 Å². The van der Waals surface area contributed by atoms with Gasteiger partial charge in [0.25, 0.3) is 0 Å². The van der Waals surface area contributed by atoms with Crippen molar-refractivity contribution in [1.29, 1.82) is 0 Å². The highest BCUT2D eigenvalue weighted by atomic mass is 35.5. The number of aryl methyl sites for hydroxylation is 1. The molecule has 1 aliphatic rings. The molecule has 0 saturated carbocycles. The Kier molecular flexibility index (Phi) is 5.13. The molecule has 2 amide bonds. The van der Waals surface area contributed by atoms with Crippen molar-refractivity contribution in [1.82, 2.24) is 10.2 Å². The molecule has 110 valence electrons. The third-order valence-electron chi connectivity index (χ3n) is 3.63. The Morgan fingerprint density at radius 1 is 1.50 bits per heavy atom. The molecule has 1 aliphatic heterocycles. The lowest BCUT2D eigenvalue weighted by atomic mass is 10.1. The van der Waals surface area contributed by atoms with Crippen molar-refractivity contribution >= 4 is 29.2 Å². The van der Waals surface area contributed by atoms with Gasteiger partial charge in [-0.25, -0.2) is 4.79 Å². The molecule has 1 fully saturated rings. The van der Waals surface area contributed by atoms with Crippen LogP contribution in [-0.2, 0) is 6.54 Å². The van der Waals surface area contributed by atoms with E-state index in [-0.39, 0.29) is 18.6 Å². The number of nitrogens with one attached hydrogen (secondary N) is 1. The smallest absolute Gasteiger partial charge is 0.317 e. The zero-order chi connectivity index (χ0) is 14.7. The first-order valence-electron chi connectivity index (χ1n) is 6.59. The summed E-state index contributed by atoms with van der Waals surface area (Å²) in [6.07, 6.45) is 0.852. The Labute approximate surface area is 128 Å². The highest BCUT2D eigenvalue weighted by Gasteiger charge is 2.25. The van der Waals surface area contributed by atoms with E-state index in [0.717, 1.165) is 17.5 Å². The Morgan fingerprint density at radius 2 is 2.25 bits per heavy atom. The topological polar surface area (TPSA) is 52.6 Å². The number of hydrogen-bond acceptors (Lipinski definition) is 2. The SMILES string of the molecule is Cc1cc(Cl)cc(Cl)c1CNC(=O)N1CC[C@@H](CO)C1. The highest BCUT2D eigenvalue weighted by Crippen LogP contribution is 2.25. The Hall–Kier alpha value is -0.970. The van der Waals surface area contributed by atoms with Gasteiger partial charge in [0.2, 0.25) is 0 Å². The molecule has 2 N–H and O–H groups in total. The molecule has 1 atom stereocenters. The summed E-state index contributed by atoms with van der Waals surface area (Å²) >= 11 is 12.1.